The molecule has 0 atom stereocenters. The Labute approximate surface area is 138 Å². The maximum absolute atomic E-state index is 12.3. The van der Waals surface area contributed by atoms with Crippen molar-refractivity contribution in [2.24, 2.45) is 0 Å². The molecule has 1 aliphatic rings. The third-order valence-corrected chi connectivity index (χ3v) is 2.85. The number of hydrogen-bond donors (Lipinski definition) is 1. The van der Waals surface area contributed by atoms with Crippen molar-refractivity contribution in [3.8, 4) is 17.2 Å². The van der Waals surface area contributed by atoms with Gasteiger partial charge in [0.2, 0.25) is 6.79 Å². The monoisotopic (exact) mass is 340 g/mol. The van der Waals surface area contributed by atoms with Crippen LogP contribution in [0.15, 0.2) is 12.1 Å². The molecule has 0 amide bonds. The average molecular weight is 340 g/mol. The van der Waals surface area contributed by atoms with Crippen molar-refractivity contribution >= 4 is 19.2 Å². The quantitative estimate of drug-likeness (QED) is 0.463. The van der Waals surface area contributed by atoms with Gasteiger partial charge in [0.1, 0.15) is 17.8 Å². The Morgan fingerprint density at radius 3 is 2.71 bits per heavy atom. The van der Waals surface area contributed by atoms with E-state index in [1.807, 2.05) is 0 Å². The summed E-state index contributed by atoms with van der Waals surface area (Å²) in [5, 5.41) is 9.56. The minimum absolute atomic E-state index is 0.000773. The lowest BCUT2D eigenvalue weighted by Crippen LogP contribution is -2.35. The van der Waals surface area contributed by atoms with Gasteiger partial charge in [0.25, 0.3) is 0 Å². The molecule has 0 saturated heterocycles. The molecule has 0 unspecified atom stereocenters. The third kappa shape index (κ3) is 4.22. The molecule has 1 aromatic carbocycles. The van der Waals surface area contributed by atoms with Gasteiger partial charge in [-0.15, -0.1) is 0 Å². The summed E-state index contributed by atoms with van der Waals surface area (Å²) in [6.07, 6.45) is -0.958. The fourth-order valence-corrected chi connectivity index (χ4v) is 1.94. The minimum atomic E-state index is -1.23. The van der Waals surface area contributed by atoms with Crippen LogP contribution in [0.4, 0.5) is 4.79 Å². The highest BCUT2D eigenvalue weighted by Gasteiger charge is 2.32. The molecule has 0 saturated carbocycles. The topological polar surface area (TPSA) is 110 Å². The number of benzene rings is 1. The zero-order chi connectivity index (χ0) is 17.5. The standard InChI is InChI=1S/C14H17BO9/c1-3-19-9-5-6-10-12(24-15(18)7-21-10)11(9)13(16)22-8-23-14(17)20-4-2/h5-6,18H,3-4,7-8H2,1-2H3. The molecule has 1 N–H and O–H groups in total. The Balaban J connectivity index is 2.16. The second-order valence-electron chi connectivity index (χ2n) is 4.46. The van der Waals surface area contributed by atoms with E-state index in [0.717, 1.165) is 0 Å². The first-order valence-electron chi connectivity index (χ1n) is 7.30. The molecule has 1 aliphatic heterocycles. The Morgan fingerprint density at radius 2 is 2.00 bits per heavy atom. The van der Waals surface area contributed by atoms with E-state index in [4.69, 9.17) is 18.9 Å². The second kappa shape index (κ2) is 8.30. The number of esters is 1. The van der Waals surface area contributed by atoms with Crippen LogP contribution in [0.2, 0.25) is 0 Å². The smallest absolute Gasteiger partial charge is 0.531 e. The molecule has 130 valence electrons. The first-order chi connectivity index (χ1) is 11.6. The molecule has 0 aromatic heterocycles. The van der Waals surface area contributed by atoms with Crippen molar-refractivity contribution in [2.45, 2.75) is 13.8 Å². The number of rotatable bonds is 6. The van der Waals surface area contributed by atoms with Crippen molar-refractivity contribution in [2.75, 3.05) is 26.5 Å². The van der Waals surface area contributed by atoms with E-state index in [0.29, 0.717) is 6.61 Å². The second-order valence-corrected chi connectivity index (χ2v) is 4.46. The van der Waals surface area contributed by atoms with Crippen molar-refractivity contribution in [1.82, 2.24) is 0 Å². The van der Waals surface area contributed by atoms with Crippen LogP contribution in [0.5, 0.6) is 17.2 Å². The fraction of sp³-hybridized carbons (Fsp3) is 0.429. The molecule has 10 heteroatoms. The molecular formula is C14H17BO9. The van der Waals surface area contributed by atoms with E-state index in [9.17, 15) is 14.6 Å². The van der Waals surface area contributed by atoms with Gasteiger partial charge in [-0.1, -0.05) is 0 Å². The largest absolute Gasteiger partial charge is 0.563 e. The highest BCUT2D eigenvalue weighted by molar-refractivity contribution is 6.44. The summed E-state index contributed by atoms with van der Waals surface area (Å²) in [4.78, 5) is 23.4. The predicted octanol–water partition coefficient (Wildman–Crippen LogP) is 1.16. The van der Waals surface area contributed by atoms with E-state index in [-0.39, 0.29) is 35.9 Å². The van der Waals surface area contributed by atoms with Crippen LogP contribution in [-0.4, -0.2) is 50.8 Å². The van der Waals surface area contributed by atoms with Crippen LogP contribution in [0.3, 0.4) is 0 Å². The van der Waals surface area contributed by atoms with Gasteiger partial charge < -0.3 is 33.4 Å². The van der Waals surface area contributed by atoms with Crippen molar-refractivity contribution in [3.05, 3.63) is 17.7 Å². The predicted molar refractivity (Wildman–Crippen MR) is 80.1 cm³/mol. The van der Waals surface area contributed by atoms with Crippen LogP contribution >= 0.6 is 0 Å². The van der Waals surface area contributed by atoms with Crippen LogP contribution < -0.4 is 14.1 Å². The molecule has 2 rings (SSSR count). The van der Waals surface area contributed by atoms with E-state index >= 15 is 0 Å². The Morgan fingerprint density at radius 1 is 1.21 bits per heavy atom. The maximum Gasteiger partial charge on any atom is 0.563 e. The molecule has 0 aliphatic carbocycles. The zero-order valence-electron chi connectivity index (χ0n) is 13.3. The molecular weight excluding hydrogens is 323 g/mol. The normalized spacial score (nSPS) is 12.4. The third-order valence-electron chi connectivity index (χ3n) is 2.85. The van der Waals surface area contributed by atoms with Crippen LogP contribution in [0.25, 0.3) is 0 Å². The SMILES string of the molecule is CCOC(=O)OCOC(=O)c1c(OCC)ccc2c1OB(O)CO2. The highest BCUT2D eigenvalue weighted by atomic mass is 16.8. The highest BCUT2D eigenvalue weighted by Crippen LogP contribution is 2.40. The lowest BCUT2D eigenvalue weighted by atomic mass is 9.91. The fourth-order valence-electron chi connectivity index (χ4n) is 1.94. The van der Waals surface area contributed by atoms with E-state index in [2.05, 4.69) is 9.47 Å². The summed E-state index contributed by atoms with van der Waals surface area (Å²) in [6, 6.07) is 3.07. The van der Waals surface area contributed by atoms with Crippen molar-refractivity contribution < 1.29 is 43.0 Å². The van der Waals surface area contributed by atoms with Gasteiger partial charge in [-0.3, -0.25) is 0 Å². The van der Waals surface area contributed by atoms with Crippen molar-refractivity contribution in [1.29, 1.82) is 0 Å². The number of hydrogen-bond acceptors (Lipinski definition) is 9. The first-order valence-corrected chi connectivity index (χ1v) is 7.30. The number of fused-ring (bicyclic) bond motifs is 1. The van der Waals surface area contributed by atoms with E-state index in [1.54, 1.807) is 19.9 Å². The number of carbonyl (C=O) groups excluding carboxylic acids is 2. The van der Waals surface area contributed by atoms with E-state index in [1.165, 1.54) is 6.07 Å². The van der Waals surface area contributed by atoms with Crippen LogP contribution in [-0.2, 0) is 14.2 Å². The summed E-state index contributed by atoms with van der Waals surface area (Å²) in [5.74, 6) is -0.407. The van der Waals surface area contributed by atoms with Gasteiger partial charge in [0, 0.05) is 0 Å². The molecule has 0 spiro atoms. The molecule has 0 fully saturated rings. The lowest BCUT2D eigenvalue weighted by Gasteiger charge is -2.23. The Kier molecular flexibility index (Phi) is 6.13. The lowest BCUT2D eigenvalue weighted by molar-refractivity contribution is -0.0264. The van der Waals surface area contributed by atoms with Gasteiger partial charge >= 0.3 is 19.2 Å². The molecule has 1 aromatic rings. The molecule has 24 heavy (non-hydrogen) atoms. The first kappa shape index (κ1) is 17.7. The minimum Gasteiger partial charge on any atom is -0.531 e. The van der Waals surface area contributed by atoms with Crippen LogP contribution in [0.1, 0.15) is 24.2 Å². The Hall–Kier alpha value is -2.62. The van der Waals surface area contributed by atoms with Crippen molar-refractivity contribution in [3.63, 3.8) is 0 Å². The number of ether oxygens (including phenoxy) is 5. The Bertz CT molecular complexity index is 604. The molecule has 9 nitrogen and oxygen atoms in total. The number of carbonyl (C=O) groups is 2. The van der Waals surface area contributed by atoms with Gasteiger partial charge in [-0.2, -0.15) is 0 Å². The van der Waals surface area contributed by atoms with Gasteiger partial charge in [0.15, 0.2) is 11.5 Å². The molecule has 0 radical (unpaired) electrons. The van der Waals surface area contributed by atoms with Crippen LogP contribution in [0, 0.1) is 0 Å². The summed E-state index contributed by atoms with van der Waals surface area (Å²) >= 11 is 0. The molecule has 1 heterocycles. The van der Waals surface area contributed by atoms with Gasteiger partial charge in [0.05, 0.1) is 13.2 Å². The summed E-state index contributed by atoms with van der Waals surface area (Å²) in [6.45, 7) is 3.07. The summed E-state index contributed by atoms with van der Waals surface area (Å²) in [7, 11) is -1.23. The summed E-state index contributed by atoms with van der Waals surface area (Å²) < 4.78 is 29.9. The maximum atomic E-state index is 12.3. The van der Waals surface area contributed by atoms with E-state index < -0.39 is 26.0 Å². The van der Waals surface area contributed by atoms with Gasteiger partial charge in [-0.25, -0.2) is 9.59 Å². The summed E-state index contributed by atoms with van der Waals surface area (Å²) in [5.41, 5.74) is -0.0689. The van der Waals surface area contributed by atoms with Gasteiger partial charge in [-0.05, 0) is 26.0 Å². The zero-order valence-corrected chi connectivity index (χ0v) is 13.3. The average Bonchev–Trinajstić information content (AvgIpc) is 2.54. The molecule has 0 bridgehead atoms.